The predicted octanol–water partition coefficient (Wildman–Crippen LogP) is -0.0533. The molecule has 0 fully saturated rings. The summed E-state index contributed by atoms with van der Waals surface area (Å²) in [4.78, 5) is 13.2. The molecule has 0 spiro atoms. The van der Waals surface area contributed by atoms with Crippen LogP contribution in [0.25, 0.3) is 0 Å². The fourth-order valence-corrected chi connectivity index (χ4v) is 1.14. The van der Waals surface area contributed by atoms with Gasteiger partial charge < -0.3 is 15.0 Å². The number of rotatable bonds is 6. The van der Waals surface area contributed by atoms with Crippen LogP contribution in [0.1, 0.15) is 6.92 Å². The molecule has 1 N–H and O–H groups in total. The van der Waals surface area contributed by atoms with Gasteiger partial charge >= 0.3 is 5.97 Å². The fourth-order valence-electron chi connectivity index (χ4n) is 1.14. The van der Waals surface area contributed by atoms with Gasteiger partial charge in [0.05, 0.1) is 13.0 Å². The quantitative estimate of drug-likeness (QED) is 0.593. The number of likely N-dealkylation sites (N-methyl/N-ethyl adjacent to an activating group) is 2. The van der Waals surface area contributed by atoms with Gasteiger partial charge in [0.15, 0.2) is 0 Å². The Labute approximate surface area is 80.2 Å². The Morgan fingerprint density at radius 2 is 2.23 bits per heavy atom. The van der Waals surface area contributed by atoms with Crippen LogP contribution in [0.5, 0.6) is 0 Å². The number of carbonyl (C=O) groups is 1. The Kier molecular flexibility index (Phi) is 6.54. The normalized spacial score (nSPS) is 13.0. The zero-order chi connectivity index (χ0) is 10.3. The average molecular weight is 188 g/mol. The average Bonchev–Trinajstić information content (AvgIpc) is 2.13. The van der Waals surface area contributed by atoms with Gasteiger partial charge in [0.2, 0.25) is 0 Å². The van der Waals surface area contributed by atoms with E-state index in [1.54, 1.807) is 0 Å². The van der Waals surface area contributed by atoms with Gasteiger partial charge in [-0.3, -0.25) is 4.79 Å². The summed E-state index contributed by atoms with van der Waals surface area (Å²) in [5.74, 6) is -0.192. The van der Waals surface area contributed by atoms with Crippen LogP contribution in [0.15, 0.2) is 0 Å². The van der Waals surface area contributed by atoms with E-state index in [0.29, 0.717) is 0 Å². The molecule has 0 bridgehead atoms. The monoisotopic (exact) mass is 188 g/mol. The lowest BCUT2D eigenvalue weighted by atomic mass is 10.2. The van der Waals surface area contributed by atoms with E-state index in [0.717, 1.165) is 19.6 Å². The second kappa shape index (κ2) is 6.86. The first-order valence-corrected chi connectivity index (χ1v) is 4.52. The lowest BCUT2D eigenvalue weighted by Gasteiger charge is -2.19. The van der Waals surface area contributed by atoms with Crippen molar-refractivity contribution in [3.63, 3.8) is 0 Å². The largest absolute Gasteiger partial charge is 0.469 e. The van der Waals surface area contributed by atoms with Crippen LogP contribution in [-0.4, -0.2) is 51.7 Å². The van der Waals surface area contributed by atoms with E-state index < -0.39 is 0 Å². The van der Waals surface area contributed by atoms with Gasteiger partial charge in [0.1, 0.15) is 0 Å². The number of nitrogens with zero attached hydrogens (tertiary/aromatic N) is 1. The zero-order valence-corrected chi connectivity index (χ0v) is 8.96. The van der Waals surface area contributed by atoms with E-state index in [-0.39, 0.29) is 11.9 Å². The number of methoxy groups -OCH3 is 1. The maximum absolute atomic E-state index is 11.1. The molecule has 4 nitrogen and oxygen atoms in total. The molecule has 0 aliphatic rings. The summed E-state index contributed by atoms with van der Waals surface area (Å²) in [6.45, 7) is 4.50. The van der Waals surface area contributed by atoms with Gasteiger partial charge in [-0.05, 0) is 14.1 Å². The fraction of sp³-hybridized carbons (Fsp3) is 0.889. The first-order chi connectivity index (χ1) is 6.11. The molecule has 0 aromatic rings. The molecule has 0 saturated carbocycles. The minimum atomic E-state index is -0.142. The molecule has 0 aliphatic heterocycles. The van der Waals surface area contributed by atoms with Crippen molar-refractivity contribution in [2.24, 2.45) is 5.92 Å². The minimum absolute atomic E-state index is 0.0492. The van der Waals surface area contributed by atoms with Crippen molar-refractivity contribution >= 4 is 5.97 Å². The summed E-state index contributed by atoms with van der Waals surface area (Å²) in [6, 6.07) is 0. The van der Waals surface area contributed by atoms with Crippen molar-refractivity contribution in [2.75, 3.05) is 40.8 Å². The number of esters is 1. The van der Waals surface area contributed by atoms with Crippen LogP contribution < -0.4 is 5.32 Å². The lowest BCUT2D eigenvalue weighted by Crippen LogP contribution is -2.33. The topological polar surface area (TPSA) is 41.6 Å². The first-order valence-electron chi connectivity index (χ1n) is 4.52. The maximum Gasteiger partial charge on any atom is 0.309 e. The summed E-state index contributed by atoms with van der Waals surface area (Å²) in [5.41, 5.74) is 0. The van der Waals surface area contributed by atoms with Crippen LogP contribution in [0.4, 0.5) is 0 Å². The Hall–Kier alpha value is -0.610. The molecule has 0 aliphatic carbocycles. The van der Waals surface area contributed by atoms with Crippen molar-refractivity contribution < 1.29 is 9.53 Å². The molecular formula is C9H20N2O2. The van der Waals surface area contributed by atoms with Gasteiger partial charge in [0.25, 0.3) is 0 Å². The third-order valence-corrected chi connectivity index (χ3v) is 1.93. The highest BCUT2D eigenvalue weighted by Crippen LogP contribution is 1.99. The number of hydrogen-bond acceptors (Lipinski definition) is 4. The van der Waals surface area contributed by atoms with Gasteiger partial charge in [-0.2, -0.15) is 0 Å². The summed E-state index contributed by atoms with van der Waals surface area (Å²) < 4.78 is 4.64. The third-order valence-electron chi connectivity index (χ3n) is 1.93. The van der Waals surface area contributed by atoms with Gasteiger partial charge in [-0.25, -0.2) is 0 Å². The van der Waals surface area contributed by atoms with E-state index in [1.807, 2.05) is 21.0 Å². The Morgan fingerprint density at radius 1 is 1.62 bits per heavy atom. The van der Waals surface area contributed by atoms with Crippen LogP contribution in [0.3, 0.4) is 0 Å². The Morgan fingerprint density at radius 3 is 2.69 bits per heavy atom. The standard InChI is InChI=1S/C9H20N2O2/c1-8(9(12)13-4)7-11(3)6-5-10-2/h8,10H,5-7H2,1-4H3. The van der Waals surface area contributed by atoms with Crippen molar-refractivity contribution in [3.05, 3.63) is 0 Å². The molecular weight excluding hydrogens is 168 g/mol. The van der Waals surface area contributed by atoms with Gasteiger partial charge in [-0.15, -0.1) is 0 Å². The SMILES string of the molecule is CNCCN(C)CC(C)C(=O)OC. The van der Waals surface area contributed by atoms with Crippen LogP contribution in [0, 0.1) is 5.92 Å². The summed E-state index contributed by atoms with van der Waals surface area (Å²) >= 11 is 0. The molecule has 0 aromatic heterocycles. The van der Waals surface area contributed by atoms with E-state index in [4.69, 9.17) is 0 Å². The smallest absolute Gasteiger partial charge is 0.309 e. The van der Waals surface area contributed by atoms with Crippen LogP contribution in [0.2, 0.25) is 0 Å². The highest BCUT2D eigenvalue weighted by Gasteiger charge is 2.14. The van der Waals surface area contributed by atoms with Crippen molar-refractivity contribution in [1.29, 1.82) is 0 Å². The molecule has 0 radical (unpaired) electrons. The minimum Gasteiger partial charge on any atom is -0.469 e. The van der Waals surface area contributed by atoms with E-state index in [9.17, 15) is 4.79 Å². The Bertz CT molecular complexity index is 151. The molecule has 0 aromatic carbocycles. The van der Waals surface area contributed by atoms with Crippen molar-refractivity contribution in [3.8, 4) is 0 Å². The summed E-state index contributed by atoms with van der Waals surface area (Å²) in [6.07, 6.45) is 0. The molecule has 4 heteroatoms. The van der Waals surface area contributed by atoms with Gasteiger partial charge in [-0.1, -0.05) is 6.92 Å². The summed E-state index contributed by atoms with van der Waals surface area (Å²) in [7, 11) is 5.33. The second-order valence-electron chi connectivity index (χ2n) is 3.29. The maximum atomic E-state index is 11.1. The second-order valence-corrected chi connectivity index (χ2v) is 3.29. The van der Waals surface area contributed by atoms with E-state index >= 15 is 0 Å². The molecule has 13 heavy (non-hydrogen) atoms. The van der Waals surface area contributed by atoms with Crippen molar-refractivity contribution in [2.45, 2.75) is 6.92 Å². The Balaban J connectivity index is 3.64. The molecule has 0 saturated heterocycles. The number of hydrogen-bond donors (Lipinski definition) is 1. The van der Waals surface area contributed by atoms with E-state index in [1.165, 1.54) is 7.11 Å². The van der Waals surface area contributed by atoms with Gasteiger partial charge in [0, 0.05) is 19.6 Å². The highest BCUT2D eigenvalue weighted by molar-refractivity contribution is 5.71. The molecule has 0 rings (SSSR count). The molecule has 1 unspecified atom stereocenters. The number of ether oxygens (including phenoxy) is 1. The molecule has 0 heterocycles. The lowest BCUT2D eigenvalue weighted by molar-refractivity contribution is -0.145. The predicted molar refractivity (Wildman–Crippen MR) is 52.6 cm³/mol. The third kappa shape index (κ3) is 5.60. The first kappa shape index (κ1) is 12.4. The van der Waals surface area contributed by atoms with Crippen molar-refractivity contribution in [1.82, 2.24) is 10.2 Å². The van der Waals surface area contributed by atoms with Crippen LogP contribution in [-0.2, 0) is 9.53 Å². The number of carbonyl (C=O) groups excluding carboxylic acids is 1. The molecule has 1 atom stereocenters. The van der Waals surface area contributed by atoms with Crippen LogP contribution >= 0.6 is 0 Å². The highest BCUT2D eigenvalue weighted by atomic mass is 16.5. The number of nitrogens with one attached hydrogen (secondary N) is 1. The summed E-state index contributed by atoms with van der Waals surface area (Å²) in [5, 5.41) is 3.06. The van der Waals surface area contributed by atoms with E-state index in [2.05, 4.69) is 15.0 Å². The molecule has 0 amide bonds. The zero-order valence-electron chi connectivity index (χ0n) is 8.96. The molecule has 78 valence electrons.